The molecule has 0 heterocycles. The lowest BCUT2D eigenvalue weighted by molar-refractivity contribution is 0.405. The zero-order valence-corrected chi connectivity index (χ0v) is 13.7. The molecule has 114 valence electrons. The zero-order valence-electron chi connectivity index (χ0n) is 12.9. The molecule has 0 aliphatic rings. The van der Waals surface area contributed by atoms with Crippen molar-refractivity contribution in [2.24, 2.45) is 11.1 Å². The average molecular weight is 299 g/mol. The molecular formula is C15H25NO3S. The molecule has 0 bridgehead atoms. The Labute approximate surface area is 122 Å². The molecule has 2 unspecified atom stereocenters. The summed E-state index contributed by atoms with van der Waals surface area (Å²) < 4.78 is 28.6. The molecule has 0 fully saturated rings. The molecule has 0 amide bonds. The van der Waals surface area contributed by atoms with Crippen LogP contribution in [0.4, 0.5) is 0 Å². The van der Waals surface area contributed by atoms with Crippen molar-refractivity contribution in [3.8, 4) is 5.75 Å². The monoisotopic (exact) mass is 299 g/mol. The molecule has 2 atom stereocenters. The maximum atomic E-state index is 11.6. The van der Waals surface area contributed by atoms with Crippen molar-refractivity contribution in [1.82, 2.24) is 0 Å². The number of hydrogen-bond donors (Lipinski definition) is 1. The standard InChI is InChI=1S/C15H25NO3S/c1-10(2)9-14-13(7-6-8-15(14)19-5)11(3)12(4)20(16,17)18/h6-8,10-12H,9H2,1-5H3,(H2,16,17,18). The molecule has 0 aromatic heterocycles. The van der Waals surface area contributed by atoms with Gasteiger partial charge in [-0.1, -0.05) is 32.9 Å². The number of methoxy groups -OCH3 is 1. The predicted molar refractivity (Wildman–Crippen MR) is 82.5 cm³/mol. The van der Waals surface area contributed by atoms with Gasteiger partial charge in [-0.3, -0.25) is 0 Å². The first-order valence-electron chi connectivity index (χ1n) is 6.85. The minimum absolute atomic E-state index is 0.172. The van der Waals surface area contributed by atoms with E-state index in [1.54, 1.807) is 14.0 Å². The quantitative estimate of drug-likeness (QED) is 0.878. The van der Waals surface area contributed by atoms with Gasteiger partial charge in [-0.15, -0.1) is 0 Å². The van der Waals surface area contributed by atoms with Crippen LogP contribution in [0, 0.1) is 5.92 Å². The molecule has 20 heavy (non-hydrogen) atoms. The first kappa shape index (κ1) is 17.0. The highest BCUT2D eigenvalue weighted by Crippen LogP contribution is 2.33. The summed E-state index contributed by atoms with van der Waals surface area (Å²) in [5.74, 6) is 1.10. The van der Waals surface area contributed by atoms with E-state index >= 15 is 0 Å². The van der Waals surface area contributed by atoms with Crippen LogP contribution in [0.3, 0.4) is 0 Å². The van der Waals surface area contributed by atoms with Gasteiger partial charge >= 0.3 is 0 Å². The lowest BCUT2D eigenvalue weighted by atomic mass is 9.88. The van der Waals surface area contributed by atoms with Gasteiger partial charge in [0.2, 0.25) is 10.0 Å². The van der Waals surface area contributed by atoms with Gasteiger partial charge < -0.3 is 4.74 Å². The molecule has 0 aliphatic carbocycles. The van der Waals surface area contributed by atoms with Crippen LogP contribution in [0.2, 0.25) is 0 Å². The van der Waals surface area contributed by atoms with Crippen LogP contribution in [-0.2, 0) is 16.4 Å². The van der Waals surface area contributed by atoms with Gasteiger partial charge in [-0.2, -0.15) is 0 Å². The van der Waals surface area contributed by atoms with E-state index in [0.29, 0.717) is 5.92 Å². The summed E-state index contributed by atoms with van der Waals surface area (Å²) in [5, 5.41) is 4.66. The third-order valence-corrected chi connectivity index (χ3v) is 5.16. The minimum atomic E-state index is -3.56. The van der Waals surface area contributed by atoms with Crippen molar-refractivity contribution >= 4 is 10.0 Å². The molecule has 1 rings (SSSR count). The van der Waals surface area contributed by atoms with E-state index < -0.39 is 15.3 Å². The largest absolute Gasteiger partial charge is 0.496 e. The first-order valence-corrected chi connectivity index (χ1v) is 8.46. The van der Waals surface area contributed by atoms with Crippen LogP contribution in [-0.4, -0.2) is 20.8 Å². The van der Waals surface area contributed by atoms with E-state index in [-0.39, 0.29) is 5.92 Å². The second-order valence-electron chi connectivity index (χ2n) is 5.71. The number of ether oxygens (including phenoxy) is 1. The SMILES string of the molecule is COc1cccc(C(C)C(C)S(N)(=O)=O)c1CC(C)C. The number of hydrogen-bond acceptors (Lipinski definition) is 3. The Hall–Kier alpha value is -1.07. The smallest absolute Gasteiger partial charge is 0.212 e. The van der Waals surface area contributed by atoms with Crippen molar-refractivity contribution < 1.29 is 13.2 Å². The van der Waals surface area contributed by atoms with Gasteiger partial charge in [0.05, 0.1) is 12.4 Å². The van der Waals surface area contributed by atoms with Crippen LogP contribution in [0.5, 0.6) is 5.75 Å². The van der Waals surface area contributed by atoms with Crippen LogP contribution < -0.4 is 9.88 Å². The Balaban J connectivity index is 3.29. The Morgan fingerprint density at radius 2 is 1.80 bits per heavy atom. The summed E-state index contributed by atoms with van der Waals surface area (Å²) in [4.78, 5) is 0. The summed E-state index contributed by atoms with van der Waals surface area (Å²) in [7, 11) is -1.92. The first-order chi connectivity index (χ1) is 9.18. The van der Waals surface area contributed by atoms with E-state index in [4.69, 9.17) is 9.88 Å². The maximum absolute atomic E-state index is 11.6. The van der Waals surface area contributed by atoms with Gasteiger partial charge in [0.25, 0.3) is 0 Å². The average Bonchev–Trinajstić information content (AvgIpc) is 2.35. The summed E-state index contributed by atoms with van der Waals surface area (Å²) in [6, 6.07) is 5.77. The summed E-state index contributed by atoms with van der Waals surface area (Å²) >= 11 is 0. The van der Waals surface area contributed by atoms with Crippen molar-refractivity contribution in [3.63, 3.8) is 0 Å². The fourth-order valence-electron chi connectivity index (χ4n) is 2.36. The molecule has 0 saturated heterocycles. The summed E-state index contributed by atoms with van der Waals surface area (Å²) in [5.41, 5.74) is 2.08. The number of primary sulfonamides is 1. The number of nitrogens with two attached hydrogens (primary N) is 1. The predicted octanol–water partition coefficient (Wildman–Crippen LogP) is 2.67. The van der Waals surface area contributed by atoms with Gasteiger partial charge in [0.1, 0.15) is 5.75 Å². The molecule has 1 aromatic carbocycles. The summed E-state index contributed by atoms with van der Waals surface area (Å²) in [6.07, 6.45) is 0.848. The highest BCUT2D eigenvalue weighted by molar-refractivity contribution is 7.89. The Morgan fingerprint density at radius 3 is 2.25 bits per heavy atom. The number of benzene rings is 1. The Bertz CT molecular complexity index is 552. The molecule has 5 heteroatoms. The third kappa shape index (κ3) is 3.96. The Morgan fingerprint density at radius 1 is 1.20 bits per heavy atom. The zero-order chi connectivity index (χ0) is 15.5. The van der Waals surface area contributed by atoms with E-state index in [1.165, 1.54) is 0 Å². The van der Waals surface area contributed by atoms with Crippen LogP contribution >= 0.6 is 0 Å². The lowest BCUT2D eigenvalue weighted by Crippen LogP contribution is -2.30. The molecule has 0 radical (unpaired) electrons. The van der Waals surface area contributed by atoms with Crippen molar-refractivity contribution in [3.05, 3.63) is 29.3 Å². The van der Waals surface area contributed by atoms with Gasteiger partial charge in [-0.25, -0.2) is 13.6 Å². The fourth-order valence-corrected chi connectivity index (χ4v) is 3.08. The molecule has 0 aliphatic heterocycles. The highest BCUT2D eigenvalue weighted by Gasteiger charge is 2.27. The number of rotatable bonds is 6. The molecule has 0 spiro atoms. The van der Waals surface area contributed by atoms with Crippen LogP contribution in [0.1, 0.15) is 44.7 Å². The highest BCUT2D eigenvalue weighted by atomic mass is 32.2. The molecule has 4 nitrogen and oxygen atoms in total. The topological polar surface area (TPSA) is 69.4 Å². The van der Waals surface area contributed by atoms with E-state index in [0.717, 1.165) is 23.3 Å². The number of sulfonamides is 1. The molecule has 0 saturated carbocycles. The molecular weight excluding hydrogens is 274 g/mol. The van der Waals surface area contributed by atoms with Crippen molar-refractivity contribution in [2.75, 3.05) is 7.11 Å². The van der Waals surface area contributed by atoms with Gasteiger partial charge in [0, 0.05) is 0 Å². The lowest BCUT2D eigenvalue weighted by Gasteiger charge is -2.23. The van der Waals surface area contributed by atoms with E-state index in [9.17, 15) is 8.42 Å². The second-order valence-corrected chi connectivity index (χ2v) is 7.63. The minimum Gasteiger partial charge on any atom is -0.496 e. The van der Waals surface area contributed by atoms with Crippen LogP contribution in [0.15, 0.2) is 18.2 Å². The van der Waals surface area contributed by atoms with Crippen molar-refractivity contribution in [2.45, 2.75) is 45.3 Å². The van der Waals surface area contributed by atoms with E-state index in [2.05, 4.69) is 13.8 Å². The normalized spacial score (nSPS) is 15.2. The summed E-state index contributed by atoms with van der Waals surface area (Å²) in [6.45, 7) is 7.81. The van der Waals surface area contributed by atoms with E-state index in [1.807, 2.05) is 25.1 Å². The second kappa shape index (κ2) is 6.59. The fraction of sp³-hybridized carbons (Fsp3) is 0.600. The van der Waals surface area contributed by atoms with Crippen LogP contribution in [0.25, 0.3) is 0 Å². The maximum Gasteiger partial charge on any atom is 0.212 e. The van der Waals surface area contributed by atoms with Crippen molar-refractivity contribution in [1.29, 1.82) is 0 Å². The Kier molecular flexibility index (Phi) is 5.59. The molecule has 1 aromatic rings. The van der Waals surface area contributed by atoms with Gasteiger partial charge in [0.15, 0.2) is 0 Å². The van der Waals surface area contributed by atoms with Gasteiger partial charge in [-0.05, 0) is 42.4 Å². The molecule has 2 N–H and O–H groups in total. The third-order valence-electron chi connectivity index (χ3n) is 3.71.